The smallest absolute Gasteiger partial charge is 0.226 e. The molecule has 0 fully saturated rings. The van der Waals surface area contributed by atoms with Crippen molar-refractivity contribution in [3.8, 4) is 0 Å². The van der Waals surface area contributed by atoms with E-state index < -0.39 is 0 Å². The number of halogens is 1. The third kappa shape index (κ3) is 3.37. The summed E-state index contributed by atoms with van der Waals surface area (Å²) in [6, 6.07) is 5.58. The molecule has 1 amide bonds. The fraction of sp³-hybridized carbons (Fsp3) is 0.231. The van der Waals surface area contributed by atoms with Crippen LogP contribution < -0.4 is 5.32 Å². The van der Waals surface area contributed by atoms with Crippen molar-refractivity contribution in [2.24, 2.45) is 0 Å². The second-order valence-electron chi connectivity index (χ2n) is 4.42. The Morgan fingerprint density at radius 3 is 3.10 bits per heavy atom. The van der Waals surface area contributed by atoms with Gasteiger partial charge in [0.25, 0.3) is 0 Å². The first-order valence-electron chi connectivity index (χ1n) is 6.41. The summed E-state index contributed by atoms with van der Waals surface area (Å²) in [6.45, 7) is 0.666. The highest BCUT2D eigenvalue weighted by molar-refractivity contribution is 7.22. The lowest BCUT2D eigenvalue weighted by molar-refractivity contribution is -0.116. The first kappa shape index (κ1) is 14.0. The van der Waals surface area contributed by atoms with E-state index in [-0.39, 0.29) is 5.91 Å². The van der Waals surface area contributed by atoms with Crippen LogP contribution in [0.5, 0.6) is 0 Å². The van der Waals surface area contributed by atoms with E-state index in [0.717, 1.165) is 10.2 Å². The number of fused-ring (bicyclic) bond motifs is 1. The molecule has 3 aromatic rings. The van der Waals surface area contributed by atoms with E-state index >= 15 is 0 Å². The van der Waals surface area contributed by atoms with Crippen molar-refractivity contribution in [3.63, 3.8) is 0 Å². The number of aryl methyl sites for hydroxylation is 1. The predicted molar refractivity (Wildman–Crippen MR) is 82.5 cm³/mol. The van der Waals surface area contributed by atoms with Crippen LogP contribution in [-0.4, -0.2) is 25.9 Å². The number of nitrogens with zero attached hydrogens (tertiary/aromatic N) is 4. The topological polar surface area (TPSA) is 72.7 Å². The fourth-order valence-electron chi connectivity index (χ4n) is 1.90. The standard InChI is InChI=1S/C13H12ClN5OS/c14-9-3-1-4-10-12(9)17-13(21-10)16-11(20)5-2-7-19-8-6-15-18-19/h1,3-4,6,8H,2,5,7H2,(H,16,17,20). The van der Waals surface area contributed by atoms with Gasteiger partial charge in [-0.25, -0.2) is 4.98 Å². The number of aromatic nitrogens is 4. The number of hydrogen-bond donors (Lipinski definition) is 1. The number of nitrogens with one attached hydrogen (secondary N) is 1. The quantitative estimate of drug-likeness (QED) is 0.784. The second-order valence-corrected chi connectivity index (χ2v) is 5.86. The minimum absolute atomic E-state index is 0.0645. The van der Waals surface area contributed by atoms with E-state index in [1.165, 1.54) is 11.3 Å². The monoisotopic (exact) mass is 321 g/mol. The average Bonchev–Trinajstić information content (AvgIpc) is 3.08. The Hall–Kier alpha value is -1.99. The number of benzene rings is 1. The number of anilines is 1. The summed E-state index contributed by atoms with van der Waals surface area (Å²) < 4.78 is 2.66. The van der Waals surface area contributed by atoms with E-state index in [9.17, 15) is 4.79 Å². The molecule has 0 aliphatic rings. The lowest BCUT2D eigenvalue weighted by Crippen LogP contribution is -2.12. The zero-order valence-electron chi connectivity index (χ0n) is 11.0. The van der Waals surface area contributed by atoms with Crippen molar-refractivity contribution in [3.05, 3.63) is 35.6 Å². The molecular formula is C13H12ClN5OS. The van der Waals surface area contributed by atoms with Gasteiger partial charge in [-0.2, -0.15) is 0 Å². The first-order valence-corrected chi connectivity index (χ1v) is 7.61. The molecule has 0 atom stereocenters. The molecular weight excluding hydrogens is 310 g/mol. The molecule has 0 aliphatic carbocycles. The van der Waals surface area contributed by atoms with Gasteiger partial charge in [-0.1, -0.05) is 34.2 Å². The van der Waals surface area contributed by atoms with Crippen LogP contribution in [-0.2, 0) is 11.3 Å². The van der Waals surface area contributed by atoms with Crippen LogP contribution in [0.1, 0.15) is 12.8 Å². The fourth-order valence-corrected chi connectivity index (χ4v) is 3.09. The maximum atomic E-state index is 11.9. The first-order chi connectivity index (χ1) is 10.2. The summed E-state index contributed by atoms with van der Waals surface area (Å²) in [6.07, 6.45) is 4.49. The van der Waals surface area contributed by atoms with Gasteiger partial charge < -0.3 is 5.32 Å². The Labute approximate surface area is 129 Å². The van der Waals surface area contributed by atoms with E-state index in [4.69, 9.17) is 11.6 Å². The highest BCUT2D eigenvalue weighted by Crippen LogP contribution is 2.30. The predicted octanol–water partition coefficient (Wildman–Crippen LogP) is 2.96. The normalized spacial score (nSPS) is 10.9. The molecule has 0 bridgehead atoms. The van der Waals surface area contributed by atoms with Crippen molar-refractivity contribution in [2.45, 2.75) is 19.4 Å². The van der Waals surface area contributed by atoms with Crippen LogP contribution in [0.2, 0.25) is 5.02 Å². The number of carbonyl (C=O) groups is 1. The van der Waals surface area contributed by atoms with Gasteiger partial charge in [0.05, 0.1) is 15.9 Å². The summed E-state index contributed by atoms with van der Waals surface area (Å²) in [5, 5.41) is 11.5. The molecule has 0 saturated carbocycles. The Morgan fingerprint density at radius 2 is 2.33 bits per heavy atom. The van der Waals surface area contributed by atoms with E-state index in [2.05, 4.69) is 20.6 Å². The zero-order chi connectivity index (χ0) is 14.7. The molecule has 6 nitrogen and oxygen atoms in total. The average molecular weight is 322 g/mol. The molecule has 8 heteroatoms. The summed E-state index contributed by atoms with van der Waals surface area (Å²) in [5.41, 5.74) is 0.724. The van der Waals surface area contributed by atoms with Gasteiger partial charge in [-0.15, -0.1) is 5.10 Å². The lowest BCUT2D eigenvalue weighted by Gasteiger charge is -2.01. The highest BCUT2D eigenvalue weighted by Gasteiger charge is 2.09. The number of thiazole rings is 1. The number of para-hydroxylation sites is 1. The van der Waals surface area contributed by atoms with Crippen LogP contribution in [0.25, 0.3) is 10.2 Å². The minimum Gasteiger partial charge on any atom is -0.302 e. The van der Waals surface area contributed by atoms with Crippen LogP contribution in [0.4, 0.5) is 5.13 Å². The van der Waals surface area contributed by atoms with Gasteiger partial charge in [-0.3, -0.25) is 9.48 Å². The minimum atomic E-state index is -0.0645. The summed E-state index contributed by atoms with van der Waals surface area (Å²) in [7, 11) is 0. The molecule has 3 rings (SSSR count). The van der Waals surface area contributed by atoms with Crippen molar-refractivity contribution in [2.75, 3.05) is 5.32 Å². The summed E-state index contributed by atoms with van der Waals surface area (Å²) >= 11 is 7.48. The number of carbonyl (C=O) groups excluding carboxylic acids is 1. The van der Waals surface area contributed by atoms with E-state index in [1.807, 2.05) is 12.1 Å². The van der Waals surface area contributed by atoms with Crippen LogP contribution >= 0.6 is 22.9 Å². The molecule has 1 aromatic carbocycles. The third-order valence-electron chi connectivity index (χ3n) is 2.88. The maximum absolute atomic E-state index is 11.9. The third-order valence-corrected chi connectivity index (χ3v) is 4.12. The summed E-state index contributed by atoms with van der Waals surface area (Å²) in [5.74, 6) is -0.0645. The Bertz CT molecular complexity index is 755. The zero-order valence-corrected chi connectivity index (χ0v) is 12.6. The second kappa shape index (κ2) is 6.19. The van der Waals surface area contributed by atoms with Crippen molar-refractivity contribution >= 4 is 44.2 Å². The van der Waals surface area contributed by atoms with Gasteiger partial charge >= 0.3 is 0 Å². The van der Waals surface area contributed by atoms with Crippen molar-refractivity contribution in [1.29, 1.82) is 0 Å². The summed E-state index contributed by atoms with van der Waals surface area (Å²) in [4.78, 5) is 16.2. The van der Waals surface area contributed by atoms with Crippen LogP contribution in [0, 0.1) is 0 Å². The molecule has 0 unspecified atom stereocenters. The highest BCUT2D eigenvalue weighted by atomic mass is 35.5. The molecule has 0 radical (unpaired) electrons. The maximum Gasteiger partial charge on any atom is 0.226 e. The van der Waals surface area contributed by atoms with Crippen molar-refractivity contribution in [1.82, 2.24) is 20.0 Å². The Kier molecular flexibility index (Phi) is 4.12. The largest absolute Gasteiger partial charge is 0.302 e. The molecule has 0 spiro atoms. The van der Waals surface area contributed by atoms with Gasteiger partial charge in [0.15, 0.2) is 5.13 Å². The molecule has 21 heavy (non-hydrogen) atoms. The van der Waals surface area contributed by atoms with E-state index in [1.54, 1.807) is 23.1 Å². The van der Waals surface area contributed by atoms with Gasteiger partial charge in [0, 0.05) is 19.2 Å². The number of amides is 1. The Morgan fingerprint density at radius 1 is 1.43 bits per heavy atom. The molecule has 108 valence electrons. The van der Waals surface area contributed by atoms with Crippen molar-refractivity contribution < 1.29 is 4.79 Å². The van der Waals surface area contributed by atoms with E-state index in [0.29, 0.717) is 29.5 Å². The Balaban J connectivity index is 1.57. The molecule has 0 aliphatic heterocycles. The van der Waals surface area contributed by atoms with Crippen LogP contribution in [0.15, 0.2) is 30.6 Å². The molecule has 2 aromatic heterocycles. The molecule has 2 heterocycles. The number of rotatable bonds is 5. The molecule has 1 N–H and O–H groups in total. The van der Waals surface area contributed by atoms with Gasteiger partial charge in [0.1, 0.15) is 5.52 Å². The van der Waals surface area contributed by atoms with Gasteiger partial charge in [0.2, 0.25) is 5.91 Å². The van der Waals surface area contributed by atoms with Crippen LogP contribution in [0.3, 0.4) is 0 Å². The van der Waals surface area contributed by atoms with Gasteiger partial charge in [-0.05, 0) is 18.6 Å². The molecule has 0 saturated heterocycles. The SMILES string of the molecule is O=C(CCCn1ccnn1)Nc1nc2c(Cl)cccc2s1. The number of hydrogen-bond acceptors (Lipinski definition) is 5. The lowest BCUT2D eigenvalue weighted by atomic mass is 10.3.